The van der Waals surface area contributed by atoms with Crippen molar-refractivity contribution >= 4 is 17.4 Å². The molecule has 1 aromatic rings. The number of nitrogens with zero attached hydrogens (tertiary/aromatic N) is 1. The van der Waals surface area contributed by atoms with Crippen molar-refractivity contribution in [2.24, 2.45) is 11.8 Å². The van der Waals surface area contributed by atoms with Gasteiger partial charge in [-0.1, -0.05) is 38.8 Å². The van der Waals surface area contributed by atoms with Crippen LogP contribution in [0, 0.1) is 11.8 Å². The topological polar surface area (TPSA) is 59.1 Å². The first kappa shape index (κ1) is 14.6. The third-order valence-corrected chi connectivity index (χ3v) is 4.79. The predicted octanol–water partition coefficient (Wildman–Crippen LogP) is 3.39. The standard InChI is InChI=1S/C15H23ClN2O/c1-9-4-5-11(13(19)6-9)15(2,3)12-7-10(16)8-18-14(12)17/h7-9,11,13,19H,4-6H2,1-3H3,(H2,17,18). The zero-order chi connectivity index (χ0) is 14.2. The molecule has 0 amide bonds. The highest BCUT2D eigenvalue weighted by Crippen LogP contribution is 2.44. The lowest BCUT2D eigenvalue weighted by Crippen LogP contribution is -2.41. The number of nitrogens with two attached hydrogens (primary N) is 1. The second-order valence-electron chi connectivity index (χ2n) is 6.40. The molecule has 4 heteroatoms. The summed E-state index contributed by atoms with van der Waals surface area (Å²) in [6.07, 6.45) is 4.31. The van der Waals surface area contributed by atoms with Crippen molar-refractivity contribution in [2.75, 3.05) is 5.73 Å². The lowest BCUT2D eigenvalue weighted by Gasteiger charge is -2.42. The molecule has 0 aliphatic heterocycles. The van der Waals surface area contributed by atoms with E-state index in [1.54, 1.807) is 6.20 Å². The van der Waals surface area contributed by atoms with E-state index >= 15 is 0 Å². The number of nitrogen functional groups attached to an aromatic ring is 1. The van der Waals surface area contributed by atoms with Crippen LogP contribution in [0.25, 0.3) is 0 Å². The Bertz CT molecular complexity index is 461. The number of halogens is 1. The fourth-order valence-corrected chi connectivity index (χ4v) is 3.52. The number of aliphatic hydroxyl groups excluding tert-OH is 1. The second kappa shape index (κ2) is 5.29. The van der Waals surface area contributed by atoms with E-state index in [-0.39, 0.29) is 17.4 Å². The zero-order valence-electron chi connectivity index (χ0n) is 11.9. The molecule has 2 rings (SSSR count). The predicted molar refractivity (Wildman–Crippen MR) is 79.2 cm³/mol. The van der Waals surface area contributed by atoms with Gasteiger partial charge in [0.25, 0.3) is 0 Å². The van der Waals surface area contributed by atoms with Gasteiger partial charge >= 0.3 is 0 Å². The van der Waals surface area contributed by atoms with Gasteiger partial charge in [0, 0.05) is 11.8 Å². The van der Waals surface area contributed by atoms with Gasteiger partial charge in [0.15, 0.2) is 0 Å². The van der Waals surface area contributed by atoms with Gasteiger partial charge in [-0.2, -0.15) is 0 Å². The molecule has 3 atom stereocenters. The van der Waals surface area contributed by atoms with Gasteiger partial charge in [0.1, 0.15) is 5.82 Å². The fraction of sp³-hybridized carbons (Fsp3) is 0.667. The summed E-state index contributed by atoms with van der Waals surface area (Å²) < 4.78 is 0. The van der Waals surface area contributed by atoms with E-state index < -0.39 is 0 Å². The minimum atomic E-state index is -0.280. The molecule has 106 valence electrons. The molecule has 0 aromatic carbocycles. The van der Waals surface area contributed by atoms with Crippen molar-refractivity contribution in [3.05, 3.63) is 22.8 Å². The van der Waals surface area contributed by atoms with E-state index in [1.807, 2.05) is 6.07 Å². The third-order valence-electron chi connectivity index (χ3n) is 4.59. The lowest BCUT2D eigenvalue weighted by molar-refractivity contribution is 0.0145. The van der Waals surface area contributed by atoms with E-state index in [1.165, 1.54) is 0 Å². The molecular formula is C15H23ClN2O. The molecular weight excluding hydrogens is 260 g/mol. The normalized spacial score (nSPS) is 28.4. The van der Waals surface area contributed by atoms with Crippen LogP contribution >= 0.6 is 11.6 Å². The molecule has 1 heterocycles. The summed E-state index contributed by atoms with van der Waals surface area (Å²) in [5.74, 6) is 1.31. The Morgan fingerprint density at radius 3 is 2.74 bits per heavy atom. The maximum absolute atomic E-state index is 10.4. The van der Waals surface area contributed by atoms with Gasteiger partial charge in [-0.15, -0.1) is 0 Å². The van der Waals surface area contributed by atoms with Crippen LogP contribution in [0.1, 0.15) is 45.6 Å². The van der Waals surface area contributed by atoms with Crippen LogP contribution in [0.2, 0.25) is 5.02 Å². The Labute approximate surface area is 120 Å². The number of rotatable bonds is 2. The SMILES string of the molecule is CC1CCC(C(C)(C)c2cc(Cl)cnc2N)C(O)C1. The molecule has 1 aliphatic carbocycles. The Balaban J connectivity index is 2.33. The number of hydrogen-bond acceptors (Lipinski definition) is 3. The molecule has 1 aromatic heterocycles. The number of hydrogen-bond donors (Lipinski definition) is 2. The van der Waals surface area contributed by atoms with Crippen LogP contribution in [0.15, 0.2) is 12.3 Å². The molecule has 0 saturated heterocycles. The lowest BCUT2D eigenvalue weighted by atomic mass is 9.64. The van der Waals surface area contributed by atoms with Gasteiger partial charge in [-0.25, -0.2) is 4.98 Å². The quantitative estimate of drug-likeness (QED) is 0.874. The van der Waals surface area contributed by atoms with E-state index in [9.17, 15) is 5.11 Å². The first-order valence-corrected chi connectivity index (χ1v) is 7.29. The van der Waals surface area contributed by atoms with Crippen molar-refractivity contribution in [2.45, 2.75) is 51.6 Å². The third kappa shape index (κ3) is 2.87. The van der Waals surface area contributed by atoms with E-state index in [2.05, 4.69) is 25.8 Å². The van der Waals surface area contributed by atoms with Gasteiger partial charge in [-0.3, -0.25) is 0 Å². The summed E-state index contributed by atoms with van der Waals surface area (Å²) in [7, 11) is 0. The molecule has 0 spiro atoms. The highest BCUT2D eigenvalue weighted by molar-refractivity contribution is 6.30. The van der Waals surface area contributed by atoms with Crippen molar-refractivity contribution in [3.8, 4) is 0 Å². The first-order valence-electron chi connectivity index (χ1n) is 6.92. The first-order chi connectivity index (χ1) is 8.82. The van der Waals surface area contributed by atoms with Crippen LogP contribution in [0.3, 0.4) is 0 Å². The number of anilines is 1. The molecule has 1 fully saturated rings. The molecule has 0 radical (unpaired) electrons. The van der Waals surface area contributed by atoms with Gasteiger partial charge < -0.3 is 10.8 Å². The van der Waals surface area contributed by atoms with Crippen LogP contribution < -0.4 is 5.73 Å². The minimum absolute atomic E-state index is 0.200. The maximum Gasteiger partial charge on any atom is 0.127 e. The van der Waals surface area contributed by atoms with Gasteiger partial charge in [0.2, 0.25) is 0 Å². The Morgan fingerprint density at radius 2 is 2.11 bits per heavy atom. The van der Waals surface area contributed by atoms with Crippen molar-refractivity contribution < 1.29 is 5.11 Å². The largest absolute Gasteiger partial charge is 0.393 e. The molecule has 3 unspecified atom stereocenters. The van der Waals surface area contributed by atoms with Crippen molar-refractivity contribution in [1.82, 2.24) is 4.98 Å². The smallest absolute Gasteiger partial charge is 0.127 e. The monoisotopic (exact) mass is 282 g/mol. The van der Waals surface area contributed by atoms with Crippen molar-refractivity contribution in [3.63, 3.8) is 0 Å². The fourth-order valence-electron chi connectivity index (χ4n) is 3.36. The summed E-state index contributed by atoms with van der Waals surface area (Å²) in [4.78, 5) is 4.14. The number of pyridine rings is 1. The molecule has 0 bridgehead atoms. The molecule has 3 N–H and O–H groups in total. The van der Waals surface area contributed by atoms with Gasteiger partial charge in [-0.05, 0) is 36.2 Å². The minimum Gasteiger partial charge on any atom is -0.393 e. The van der Waals surface area contributed by atoms with Crippen molar-refractivity contribution in [1.29, 1.82) is 0 Å². The van der Waals surface area contributed by atoms with Crippen LogP contribution in [-0.4, -0.2) is 16.2 Å². The summed E-state index contributed by atoms with van der Waals surface area (Å²) in [6.45, 7) is 6.45. The van der Waals surface area contributed by atoms with Gasteiger partial charge in [0.05, 0.1) is 11.1 Å². The van der Waals surface area contributed by atoms with E-state index in [4.69, 9.17) is 17.3 Å². The highest BCUT2D eigenvalue weighted by atomic mass is 35.5. The molecule has 3 nitrogen and oxygen atoms in total. The van der Waals surface area contributed by atoms with E-state index in [0.29, 0.717) is 16.8 Å². The molecule has 19 heavy (non-hydrogen) atoms. The van der Waals surface area contributed by atoms with Crippen LogP contribution in [-0.2, 0) is 5.41 Å². The Morgan fingerprint density at radius 1 is 1.42 bits per heavy atom. The molecule has 1 aliphatic rings. The van der Waals surface area contributed by atoms with Crippen LogP contribution in [0.5, 0.6) is 0 Å². The Kier molecular flexibility index (Phi) is 4.07. The summed E-state index contributed by atoms with van der Waals surface area (Å²) >= 11 is 6.04. The average molecular weight is 283 g/mol. The average Bonchev–Trinajstić information content (AvgIpc) is 2.31. The number of aliphatic hydroxyl groups is 1. The maximum atomic E-state index is 10.4. The van der Waals surface area contributed by atoms with Crippen LogP contribution in [0.4, 0.5) is 5.82 Å². The molecule has 1 saturated carbocycles. The summed E-state index contributed by atoms with van der Waals surface area (Å²) in [5.41, 5.74) is 6.73. The highest BCUT2D eigenvalue weighted by Gasteiger charge is 2.40. The second-order valence-corrected chi connectivity index (χ2v) is 6.84. The Hall–Kier alpha value is -0.800. The summed E-state index contributed by atoms with van der Waals surface area (Å²) in [6, 6.07) is 1.88. The number of aromatic nitrogens is 1. The summed E-state index contributed by atoms with van der Waals surface area (Å²) in [5, 5.41) is 11.0. The zero-order valence-corrected chi connectivity index (χ0v) is 12.6. The van der Waals surface area contributed by atoms with E-state index in [0.717, 1.165) is 24.8 Å².